The van der Waals surface area contributed by atoms with Gasteiger partial charge in [-0.1, -0.05) is 19.4 Å². The van der Waals surface area contributed by atoms with Crippen molar-refractivity contribution in [3.05, 3.63) is 40.0 Å². The molecule has 0 amide bonds. The van der Waals surface area contributed by atoms with Crippen molar-refractivity contribution >= 4 is 11.3 Å². The summed E-state index contributed by atoms with van der Waals surface area (Å²) in [7, 11) is 1.62. The normalized spacial score (nSPS) is 10.5. The molecule has 0 unspecified atom stereocenters. The smallest absolute Gasteiger partial charge is 0.212 e. The Morgan fingerprint density at radius 2 is 2.24 bits per heavy atom. The maximum atomic E-state index is 5.03. The molecule has 0 radical (unpaired) electrons. The lowest BCUT2D eigenvalue weighted by molar-refractivity contribution is 0.397. The van der Waals surface area contributed by atoms with Crippen LogP contribution < -0.4 is 4.74 Å². The maximum absolute atomic E-state index is 5.03. The van der Waals surface area contributed by atoms with E-state index in [1.54, 1.807) is 18.4 Å². The van der Waals surface area contributed by atoms with E-state index >= 15 is 0 Å². The Morgan fingerprint density at radius 1 is 1.35 bits per heavy atom. The molecule has 0 aliphatic heterocycles. The number of hydrogen-bond acceptors (Lipinski definition) is 4. The van der Waals surface area contributed by atoms with Gasteiger partial charge in [0.1, 0.15) is 0 Å². The maximum Gasteiger partial charge on any atom is 0.212 e. The topological polar surface area (TPSA) is 35.0 Å². The Hall–Kier alpha value is -1.42. The molecule has 90 valence electrons. The first-order chi connectivity index (χ1) is 8.31. The highest BCUT2D eigenvalue weighted by Crippen LogP contribution is 2.16. The summed E-state index contributed by atoms with van der Waals surface area (Å²) < 4.78 is 5.03. The van der Waals surface area contributed by atoms with Gasteiger partial charge in [0.15, 0.2) is 0 Å². The zero-order valence-electron chi connectivity index (χ0n) is 10.1. The third-order valence-electron chi connectivity index (χ3n) is 2.47. The van der Waals surface area contributed by atoms with Crippen LogP contribution in [0.15, 0.2) is 23.7 Å². The summed E-state index contributed by atoms with van der Waals surface area (Å²) in [4.78, 5) is 8.79. The number of aryl methyl sites for hydroxylation is 1. The van der Waals surface area contributed by atoms with E-state index in [9.17, 15) is 0 Å². The summed E-state index contributed by atoms with van der Waals surface area (Å²) >= 11 is 1.72. The van der Waals surface area contributed by atoms with Gasteiger partial charge in [-0.25, -0.2) is 9.97 Å². The largest absolute Gasteiger partial charge is 0.481 e. The zero-order valence-corrected chi connectivity index (χ0v) is 11.0. The van der Waals surface area contributed by atoms with Crippen molar-refractivity contribution in [2.24, 2.45) is 0 Å². The predicted octanol–water partition coefficient (Wildman–Crippen LogP) is 3.09. The summed E-state index contributed by atoms with van der Waals surface area (Å²) in [6, 6.07) is 3.92. The third kappa shape index (κ3) is 3.27. The SMILES string of the molecule is CCCc1csc(Cc2ccc(OC)nc2)n1. The molecular formula is C13H16N2OS. The summed E-state index contributed by atoms with van der Waals surface area (Å²) in [5, 5.41) is 3.30. The highest BCUT2D eigenvalue weighted by Gasteiger charge is 2.03. The quantitative estimate of drug-likeness (QED) is 0.815. The fourth-order valence-corrected chi connectivity index (χ4v) is 2.47. The van der Waals surface area contributed by atoms with Crippen LogP contribution in [0.1, 0.15) is 29.6 Å². The van der Waals surface area contributed by atoms with E-state index in [1.807, 2.05) is 18.3 Å². The lowest BCUT2D eigenvalue weighted by Gasteiger charge is -2.00. The van der Waals surface area contributed by atoms with E-state index in [1.165, 1.54) is 11.3 Å². The van der Waals surface area contributed by atoms with Crippen molar-refractivity contribution in [3.63, 3.8) is 0 Å². The first kappa shape index (κ1) is 12.0. The van der Waals surface area contributed by atoms with E-state index in [-0.39, 0.29) is 0 Å². The van der Waals surface area contributed by atoms with Crippen LogP contribution in [0.3, 0.4) is 0 Å². The second-order valence-electron chi connectivity index (χ2n) is 3.87. The van der Waals surface area contributed by atoms with Crippen molar-refractivity contribution in [2.75, 3.05) is 7.11 Å². The van der Waals surface area contributed by atoms with E-state index in [0.29, 0.717) is 5.88 Å². The Kier molecular flexibility index (Phi) is 4.09. The van der Waals surface area contributed by atoms with Gasteiger partial charge < -0.3 is 4.74 Å². The molecule has 2 aromatic rings. The van der Waals surface area contributed by atoms with Gasteiger partial charge in [0, 0.05) is 24.1 Å². The average Bonchev–Trinajstić information content (AvgIpc) is 2.78. The van der Waals surface area contributed by atoms with Crippen molar-refractivity contribution < 1.29 is 4.74 Å². The van der Waals surface area contributed by atoms with Gasteiger partial charge in [-0.3, -0.25) is 0 Å². The number of ether oxygens (including phenoxy) is 1. The summed E-state index contributed by atoms with van der Waals surface area (Å²) in [5.41, 5.74) is 2.37. The van der Waals surface area contributed by atoms with Crippen LogP contribution >= 0.6 is 11.3 Å². The average molecular weight is 248 g/mol. The van der Waals surface area contributed by atoms with E-state index in [2.05, 4.69) is 22.3 Å². The molecule has 0 fully saturated rings. The summed E-state index contributed by atoms with van der Waals surface area (Å²) in [6.07, 6.45) is 4.91. The van der Waals surface area contributed by atoms with E-state index < -0.39 is 0 Å². The minimum atomic E-state index is 0.652. The van der Waals surface area contributed by atoms with Gasteiger partial charge in [0.05, 0.1) is 17.8 Å². The standard InChI is InChI=1S/C13H16N2OS/c1-3-4-11-9-17-13(15-11)7-10-5-6-12(16-2)14-8-10/h5-6,8-9H,3-4,7H2,1-2H3. The summed E-state index contributed by atoms with van der Waals surface area (Å²) in [6.45, 7) is 2.17. The molecule has 0 aliphatic carbocycles. The molecule has 2 aromatic heterocycles. The molecule has 0 aromatic carbocycles. The minimum absolute atomic E-state index is 0.652. The Balaban J connectivity index is 2.03. The van der Waals surface area contributed by atoms with Gasteiger partial charge in [-0.15, -0.1) is 11.3 Å². The number of hydrogen-bond donors (Lipinski definition) is 0. The van der Waals surface area contributed by atoms with Gasteiger partial charge >= 0.3 is 0 Å². The number of nitrogens with zero attached hydrogens (tertiary/aromatic N) is 2. The van der Waals surface area contributed by atoms with Crippen LogP contribution in [0, 0.1) is 0 Å². The van der Waals surface area contributed by atoms with Crippen molar-refractivity contribution in [1.29, 1.82) is 0 Å². The van der Waals surface area contributed by atoms with Crippen LogP contribution in [-0.4, -0.2) is 17.1 Å². The monoisotopic (exact) mass is 248 g/mol. The second-order valence-corrected chi connectivity index (χ2v) is 4.81. The molecule has 0 N–H and O–H groups in total. The second kappa shape index (κ2) is 5.77. The molecule has 0 bridgehead atoms. The van der Waals surface area contributed by atoms with Crippen molar-refractivity contribution in [3.8, 4) is 5.88 Å². The van der Waals surface area contributed by atoms with Gasteiger partial charge in [0.25, 0.3) is 0 Å². The summed E-state index contributed by atoms with van der Waals surface area (Å²) in [5.74, 6) is 0.652. The molecule has 0 atom stereocenters. The molecule has 0 aliphatic rings. The molecule has 4 heteroatoms. The van der Waals surface area contributed by atoms with Crippen molar-refractivity contribution in [2.45, 2.75) is 26.2 Å². The first-order valence-corrected chi connectivity index (χ1v) is 6.62. The molecule has 0 saturated heterocycles. The number of rotatable bonds is 5. The van der Waals surface area contributed by atoms with Crippen LogP contribution in [0.2, 0.25) is 0 Å². The minimum Gasteiger partial charge on any atom is -0.481 e. The Morgan fingerprint density at radius 3 is 2.88 bits per heavy atom. The lowest BCUT2D eigenvalue weighted by atomic mass is 10.2. The van der Waals surface area contributed by atoms with E-state index in [0.717, 1.165) is 24.3 Å². The first-order valence-electron chi connectivity index (χ1n) is 5.74. The molecule has 0 spiro atoms. The zero-order chi connectivity index (χ0) is 12.1. The van der Waals surface area contributed by atoms with Crippen LogP contribution in [-0.2, 0) is 12.8 Å². The molecule has 3 nitrogen and oxygen atoms in total. The molecular weight excluding hydrogens is 232 g/mol. The fourth-order valence-electron chi connectivity index (χ4n) is 1.61. The Labute approximate surface area is 106 Å². The van der Waals surface area contributed by atoms with E-state index in [4.69, 9.17) is 4.74 Å². The molecule has 2 rings (SSSR count). The van der Waals surface area contributed by atoms with Crippen LogP contribution in [0.5, 0.6) is 5.88 Å². The van der Waals surface area contributed by atoms with Crippen LogP contribution in [0.25, 0.3) is 0 Å². The Bertz CT molecular complexity index is 465. The highest BCUT2D eigenvalue weighted by atomic mass is 32.1. The van der Waals surface area contributed by atoms with Gasteiger partial charge in [0.2, 0.25) is 5.88 Å². The van der Waals surface area contributed by atoms with Crippen LogP contribution in [0.4, 0.5) is 0 Å². The van der Waals surface area contributed by atoms with Gasteiger partial charge in [-0.2, -0.15) is 0 Å². The third-order valence-corrected chi connectivity index (χ3v) is 3.37. The molecule has 17 heavy (non-hydrogen) atoms. The van der Waals surface area contributed by atoms with Crippen molar-refractivity contribution in [1.82, 2.24) is 9.97 Å². The number of thiazole rings is 1. The number of aromatic nitrogens is 2. The highest BCUT2D eigenvalue weighted by molar-refractivity contribution is 7.09. The predicted molar refractivity (Wildman–Crippen MR) is 69.7 cm³/mol. The number of methoxy groups -OCH3 is 1. The molecule has 2 heterocycles. The fraction of sp³-hybridized carbons (Fsp3) is 0.385. The van der Waals surface area contributed by atoms with Gasteiger partial charge in [-0.05, 0) is 12.0 Å². The number of pyridine rings is 1. The lowest BCUT2D eigenvalue weighted by Crippen LogP contribution is -1.92. The molecule has 0 saturated carbocycles.